The van der Waals surface area contributed by atoms with Crippen LogP contribution in [-0.2, 0) is 4.74 Å². The second kappa shape index (κ2) is 9.77. The number of benzene rings is 2. The smallest absolute Gasteiger partial charge is 0.273 e. The molecule has 3 aromatic rings. The maximum atomic E-state index is 13.5. The zero-order chi connectivity index (χ0) is 24.4. The van der Waals surface area contributed by atoms with Crippen molar-refractivity contribution in [3.63, 3.8) is 0 Å². The van der Waals surface area contributed by atoms with Crippen LogP contribution < -0.4 is 9.47 Å². The third-order valence-electron chi connectivity index (χ3n) is 5.99. The zero-order valence-electron chi connectivity index (χ0n) is 20.2. The van der Waals surface area contributed by atoms with Gasteiger partial charge in [0.15, 0.2) is 11.5 Å². The number of hydrogen-bond acceptors (Lipinski definition) is 6. The first-order valence-electron chi connectivity index (χ1n) is 11.4. The number of aromatic hydroxyl groups is 1. The third-order valence-corrected chi connectivity index (χ3v) is 5.99. The number of carbonyl (C=O) groups is 1. The van der Waals surface area contributed by atoms with Crippen LogP contribution in [0.5, 0.6) is 17.2 Å². The SMILES string of the molecule is COc1ccc([C@@H]2c3c(-c4cc(C)ccc4O)n[nH]c3C(=O)N2CCCOC(C)C)cc1OC. The molecule has 4 rings (SSSR count). The number of aromatic amines is 1. The topological polar surface area (TPSA) is 96.9 Å². The number of carbonyl (C=O) groups excluding carboxylic acids is 1. The quantitative estimate of drug-likeness (QED) is 0.453. The number of amides is 1. The van der Waals surface area contributed by atoms with Gasteiger partial charge in [-0.2, -0.15) is 5.10 Å². The minimum atomic E-state index is -0.407. The maximum Gasteiger partial charge on any atom is 0.273 e. The van der Waals surface area contributed by atoms with Crippen molar-refractivity contribution in [1.29, 1.82) is 0 Å². The first kappa shape index (κ1) is 23.6. The molecule has 0 radical (unpaired) electrons. The van der Waals surface area contributed by atoms with Crippen LogP contribution in [0.25, 0.3) is 11.3 Å². The van der Waals surface area contributed by atoms with Gasteiger partial charge in [-0.25, -0.2) is 0 Å². The number of fused-ring (bicyclic) bond motifs is 1. The highest BCUT2D eigenvalue weighted by molar-refractivity contribution is 6.00. The minimum absolute atomic E-state index is 0.113. The summed E-state index contributed by atoms with van der Waals surface area (Å²) in [5.41, 5.74) is 4.16. The van der Waals surface area contributed by atoms with E-state index in [0.717, 1.165) is 16.7 Å². The van der Waals surface area contributed by atoms with E-state index in [0.29, 0.717) is 48.0 Å². The standard InChI is InChI=1S/C26H31N3O5/c1-15(2)34-12-6-11-29-25(17-8-10-20(32-4)21(14-17)33-5)22-23(27-28-24(22)26(29)31)18-13-16(3)7-9-19(18)30/h7-10,13-15,25,30H,6,11-12H2,1-5H3,(H,27,28)/t25-/m1/s1. The monoisotopic (exact) mass is 465 g/mol. The van der Waals surface area contributed by atoms with E-state index >= 15 is 0 Å². The summed E-state index contributed by atoms with van der Waals surface area (Å²) in [4.78, 5) is 15.3. The van der Waals surface area contributed by atoms with Gasteiger partial charge in [0.1, 0.15) is 17.1 Å². The van der Waals surface area contributed by atoms with Crippen molar-refractivity contribution < 1.29 is 24.1 Å². The molecule has 8 heteroatoms. The van der Waals surface area contributed by atoms with Gasteiger partial charge in [-0.3, -0.25) is 9.89 Å². The fourth-order valence-electron chi connectivity index (χ4n) is 4.40. The Bertz CT molecular complexity index is 1190. The lowest BCUT2D eigenvalue weighted by Gasteiger charge is -2.27. The second-order valence-corrected chi connectivity index (χ2v) is 8.67. The molecule has 1 aliphatic rings. The highest BCUT2D eigenvalue weighted by Crippen LogP contribution is 2.46. The molecule has 0 fully saturated rings. The number of methoxy groups -OCH3 is 2. The molecule has 0 bridgehead atoms. The molecule has 0 saturated carbocycles. The number of aromatic nitrogens is 2. The van der Waals surface area contributed by atoms with Crippen molar-refractivity contribution in [2.45, 2.75) is 39.3 Å². The number of rotatable bonds is 9. The summed E-state index contributed by atoms with van der Waals surface area (Å²) in [5.74, 6) is 1.16. The summed E-state index contributed by atoms with van der Waals surface area (Å²) in [5, 5.41) is 18.0. The number of phenolic OH excluding ortho intramolecular Hbond substituents is 1. The van der Waals surface area contributed by atoms with Crippen LogP contribution in [0.1, 0.15) is 53.5 Å². The summed E-state index contributed by atoms with van der Waals surface area (Å²) in [6.45, 7) is 6.99. The lowest BCUT2D eigenvalue weighted by Crippen LogP contribution is -2.31. The van der Waals surface area contributed by atoms with Gasteiger partial charge in [-0.15, -0.1) is 0 Å². The molecule has 1 amide bonds. The van der Waals surface area contributed by atoms with E-state index < -0.39 is 6.04 Å². The van der Waals surface area contributed by atoms with Gasteiger partial charge < -0.3 is 24.2 Å². The van der Waals surface area contributed by atoms with Crippen LogP contribution in [0.3, 0.4) is 0 Å². The number of nitrogens with one attached hydrogen (secondary N) is 1. The molecular formula is C26H31N3O5. The van der Waals surface area contributed by atoms with E-state index in [2.05, 4.69) is 10.2 Å². The predicted octanol–water partition coefficient (Wildman–Crippen LogP) is 4.47. The Labute approximate surface area is 199 Å². The van der Waals surface area contributed by atoms with E-state index in [4.69, 9.17) is 14.2 Å². The summed E-state index contributed by atoms with van der Waals surface area (Å²) < 4.78 is 16.6. The van der Waals surface area contributed by atoms with Gasteiger partial charge in [-0.1, -0.05) is 17.7 Å². The van der Waals surface area contributed by atoms with Gasteiger partial charge in [0, 0.05) is 24.3 Å². The Morgan fingerprint density at radius 2 is 1.88 bits per heavy atom. The molecule has 180 valence electrons. The Balaban J connectivity index is 1.81. The summed E-state index contributed by atoms with van der Waals surface area (Å²) in [7, 11) is 3.17. The summed E-state index contributed by atoms with van der Waals surface area (Å²) in [6, 6.07) is 10.6. The van der Waals surface area contributed by atoms with Crippen LogP contribution in [0.4, 0.5) is 0 Å². The molecule has 0 aliphatic carbocycles. The lowest BCUT2D eigenvalue weighted by atomic mass is 9.94. The van der Waals surface area contributed by atoms with Gasteiger partial charge in [0.05, 0.1) is 26.4 Å². The van der Waals surface area contributed by atoms with Gasteiger partial charge >= 0.3 is 0 Å². The van der Waals surface area contributed by atoms with Gasteiger partial charge in [0.2, 0.25) is 0 Å². The highest BCUT2D eigenvalue weighted by Gasteiger charge is 2.42. The van der Waals surface area contributed by atoms with Crippen molar-refractivity contribution >= 4 is 5.91 Å². The fourth-order valence-corrected chi connectivity index (χ4v) is 4.40. The number of phenols is 1. The van der Waals surface area contributed by atoms with E-state index in [1.54, 1.807) is 20.3 Å². The highest BCUT2D eigenvalue weighted by atomic mass is 16.5. The minimum Gasteiger partial charge on any atom is -0.507 e. The molecule has 34 heavy (non-hydrogen) atoms. The van der Waals surface area contributed by atoms with Crippen molar-refractivity contribution in [3.05, 3.63) is 58.8 Å². The van der Waals surface area contributed by atoms with E-state index in [9.17, 15) is 9.90 Å². The Morgan fingerprint density at radius 3 is 2.59 bits per heavy atom. The molecule has 0 saturated heterocycles. The number of H-pyrrole nitrogens is 1. The van der Waals surface area contributed by atoms with Crippen molar-refractivity contribution in [1.82, 2.24) is 15.1 Å². The molecule has 2 heterocycles. The number of nitrogens with zero attached hydrogens (tertiary/aromatic N) is 2. The van der Waals surface area contributed by atoms with Crippen LogP contribution in [0, 0.1) is 6.92 Å². The Kier molecular flexibility index (Phi) is 6.79. The molecule has 1 aromatic heterocycles. The second-order valence-electron chi connectivity index (χ2n) is 8.67. The van der Waals surface area contributed by atoms with Crippen LogP contribution in [-0.4, -0.2) is 59.6 Å². The number of hydrogen-bond donors (Lipinski definition) is 2. The average Bonchev–Trinajstić information content (AvgIpc) is 3.36. The molecule has 1 aliphatic heterocycles. The normalized spacial score (nSPS) is 15.2. The van der Waals surface area contributed by atoms with E-state index in [1.807, 2.05) is 56.0 Å². The molecule has 0 spiro atoms. The molecule has 2 aromatic carbocycles. The Morgan fingerprint density at radius 1 is 1.12 bits per heavy atom. The lowest BCUT2D eigenvalue weighted by molar-refractivity contribution is 0.0601. The summed E-state index contributed by atoms with van der Waals surface area (Å²) >= 11 is 0. The molecule has 0 unspecified atom stereocenters. The van der Waals surface area contributed by atoms with Crippen molar-refractivity contribution in [2.24, 2.45) is 0 Å². The zero-order valence-corrected chi connectivity index (χ0v) is 20.2. The first-order chi connectivity index (χ1) is 16.3. The van der Waals surface area contributed by atoms with Crippen molar-refractivity contribution in [3.8, 4) is 28.5 Å². The van der Waals surface area contributed by atoms with Gasteiger partial charge in [0.25, 0.3) is 5.91 Å². The molecule has 2 N–H and O–H groups in total. The average molecular weight is 466 g/mol. The van der Waals surface area contributed by atoms with Crippen LogP contribution in [0.2, 0.25) is 0 Å². The van der Waals surface area contributed by atoms with E-state index in [1.165, 1.54) is 0 Å². The van der Waals surface area contributed by atoms with Gasteiger partial charge in [-0.05, 0) is 57.0 Å². The third kappa shape index (κ3) is 4.33. The largest absolute Gasteiger partial charge is 0.507 e. The van der Waals surface area contributed by atoms with Crippen LogP contribution >= 0.6 is 0 Å². The molecule has 8 nitrogen and oxygen atoms in total. The number of ether oxygens (including phenoxy) is 3. The molecular weight excluding hydrogens is 434 g/mol. The predicted molar refractivity (Wildman–Crippen MR) is 129 cm³/mol. The maximum absolute atomic E-state index is 13.5. The Hall–Kier alpha value is -3.52. The first-order valence-corrected chi connectivity index (χ1v) is 11.4. The van der Waals surface area contributed by atoms with Crippen molar-refractivity contribution in [2.75, 3.05) is 27.4 Å². The fraction of sp³-hybridized carbons (Fsp3) is 0.385. The molecule has 1 atom stereocenters. The van der Waals surface area contributed by atoms with Crippen LogP contribution in [0.15, 0.2) is 36.4 Å². The number of aryl methyl sites for hydroxylation is 1. The summed E-state index contributed by atoms with van der Waals surface area (Å²) in [6.07, 6.45) is 0.819. The van der Waals surface area contributed by atoms with E-state index in [-0.39, 0.29) is 17.8 Å².